The number of alkyl halides is 6. The zero-order valence-corrected chi connectivity index (χ0v) is 19.3. The van der Waals surface area contributed by atoms with Gasteiger partial charge in [0.15, 0.2) is 5.82 Å². The molecule has 0 bridgehead atoms. The van der Waals surface area contributed by atoms with Gasteiger partial charge in [-0.05, 0) is 36.8 Å². The van der Waals surface area contributed by atoms with E-state index in [0.29, 0.717) is 12.5 Å². The summed E-state index contributed by atoms with van der Waals surface area (Å²) in [5.74, 6) is -1.70. The predicted molar refractivity (Wildman–Crippen MR) is 117 cm³/mol. The van der Waals surface area contributed by atoms with Crippen molar-refractivity contribution in [2.45, 2.75) is 31.4 Å². The first-order valence-electron chi connectivity index (χ1n) is 10.0. The van der Waals surface area contributed by atoms with E-state index in [4.69, 9.17) is 11.6 Å². The molecule has 1 amide bonds. The molecule has 1 heterocycles. The summed E-state index contributed by atoms with van der Waals surface area (Å²) in [4.78, 5) is 34.5. The monoisotopic (exact) mass is 534 g/mol. The maximum Gasteiger partial charge on any atom is 0.426 e. The minimum absolute atomic E-state index is 0.0924. The fourth-order valence-electron chi connectivity index (χ4n) is 3.00. The van der Waals surface area contributed by atoms with Crippen molar-refractivity contribution >= 4 is 17.5 Å². The average molecular weight is 535 g/mol. The molecule has 0 radical (unpaired) electrons. The van der Waals surface area contributed by atoms with Crippen molar-refractivity contribution in [1.29, 1.82) is 0 Å². The van der Waals surface area contributed by atoms with Crippen LogP contribution in [-0.4, -0.2) is 39.7 Å². The van der Waals surface area contributed by atoms with Gasteiger partial charge in [-0.25, -0.2) is 9.78 Å². The van der Waals surface area contributed by atoms with Gasteiger partial charge in [0.05, 0.1) is 10.6 Å². The summed E-state index contributed by atoms with van der Waals surface area (Å²) in [5.41, 5.74) is -4.27. The minimum Gasteiger partial charge on any atom is -0.361 e. The lowest BCUT2D eigenvalue weighted by Crippen LogP contribution is -2.55. The van der Waals surface area contributed by atoms with Gasteiger partial charge in [-0.15, -0.1) is 0 Å². The molecule has 3 rings (SSSR count). The van der Waals surface area contributed by atoms with Crippen LogP contribution in [-0.2, 0) is 22.3 Å². The van der Waals surface area contributed by atoms with Gasteiger partial charge in [-0.2, -0.15) is 31.3 Å². The van der Waals surface area contributed by atoms with E-state index in [0.717, 1.165) is 31.4 Å². The van der Waals surface area contributed by atoms with E-state index in [9.17, 15) is 35.9 Å². The van der Waals surface area contributed by atoms with Crippen molar-refractivity contribution < 1.29 is 35.9 Å². The number of benzene rings is 2. The highest BCUT2D eigenvalue weighted by atomic mass is 35.5. The molecule has 36 heavy (non-hydrogen) atoms. The molecule has 1 unspecified atom stereocenters. The molecule has 2 N–H and O–H groups in total. The van der Waals surface area contributed by atoms with Crippen molar-refractivity contribution in [3.63, 3.8) is 0 Å². The Hall–Kier alpha value is -3.45. The first-order chi connectivity index (χ1) is 16.7. The normalized spacial score (nSPS) is 13.8. The fraction of sp³-hybridized carbons (Fsp3) is 0.273. The van der Waals surface area contributed by atoms with E-state index in [1.807, 2.05) is 0 Å². The van der Waals surface area contributed by atoms with Crippen LogP contribution in [0.25, 0.3) is 22.8 Å². The van der Waals surface area contributed by atoms with Gasteiger partial charge in [0, 0.05) is 24.8 Å². The molecule has 192 valence electrons. The Balaban J connectivity index is 1.91. The lowest BCUT2D eigenvalue weighted by atomic mass is 10.0. The first kappa shape index (κ1) is 27.1. The number of aromatic nitrogens is 3. The number of rotatable bonds is 6. The van der Waals surface area contributed by atoms with Gasteiger partial charge in [-0.1, -0.05) is 29.8 Å². The molecule has 0 aliphatic carbocycles. The summed E-state index contributed by atoms with van der Waals surface area (Å²) in [6.45, 7) is 0.239. The summed E-state index contributed by atoms with van der Waals surface area (Å²) in [5, 5.41) is 2.23. The second kappa shape index (κ2) is 9.90. The summed E-state index contributed by atoms with van der Waals surface area (Å²) >= 11 is 6.21. The highest BCUT2D eigenvalue weighted by molar-refractivity contribution is 6.33. The van der Waals surface area contributed by atoms with E-state index >= 15 is 0 Å². The Bertz CT molecular complexity index is 1330. The molecule has 0 saturated heterocycles. The van der Waals surface area contributed by atoms with Crippen LogP contribution < -0.4 is 11.0 Å². The summed E-state index contributed by atoms with van der Waals surface area (Å²) < 4.78 is 82.5. The van der Waals surface area contributed by atoms with Gasteiger partial charge in [-0.3, -0.25) is 9.78 Å². The number of nitrogens with one attached hydrogen (secondary N) is 2. The molecule has 14 heteroatoms. The van der Waals surface area contributed by atoms with Crippen molar-refractivity contribution in [1.82, 2.24) is 20.3 Å². The highest BCUT2D eigenvalue weighted by Gasteiger charge is 2.57. The number of nitrogens with zero attached hydrogens (tertiary/aromatic N) is 2. The van der Waals surface area contributed by atoms with E-state index in [1.54, 1.807) is 0 Å². The minimum atomic E-state index is -4.97. The molecule has 0 fully saturated rings. The van der Waals surface area contributed by atoms with Crippen molar-refractivity contribution in [2.75, 3.05) is 7.11 Å². The third kappa shape index (κ3) is 5.68. The number of amides is 1. The largest absolute Gasteiger partial charge is 0.426 e. The van der Waals surface area contributed by atoms with Crippen LogP contribution in [0, 0.1) is 0 Å². The van der Waals surface area contributed by atoms with Crippen LogP contribution in [0.2, 0.25) is 5.02 Å². The number of carbonyl (C=O) groups excluding carboxylic acids is 1. The lowest BCUT2D eigenvalue weighted by Gasteiger charge is -2.29. The summed E-state index contributed by atoms with van der Waals surface area (Å²) in [6.07, 6.45) is -9.52. The van der Waals surface area contributed by atoms with Gasteiger partial charge in [0.25, 0.3) is 5.91 Å². The molecule has 0 aliphatic heterocycles. The molecule has 1 atom stereocenters. The van der Waals surface area contributed by atoms with E-state index in [1.165, 1.54) is 18.2 Å². The number of carbonyl (C=O) groups is 1. The molecule has 2 aromatic carbocycles. The molecule has 0 aliphatic rings. The van der Waals surface area contributed by atoms with Gasteiger partial charge >= 0.3 is 18.0 Å². The molecule has 0 saturated carbocycles. The molecular weight excluding hydrogens is 518 g/mol. The molecule has 3 aromatic rings. The number of halogens is 7. The Morgan fingerprint density at radius 2 is 1.69 bits per heavy atom. The molecular formula is C22H17ClF6N4O3. The number of aromatic amines is 1. The molecule has 1 aromatic heterocycles. The Morgan fingerprint density at radius 1 is 1.06 bits per heavy atom. The van der Waals surface area contributed by atoms with Crippen LogP contribution in [0.5, 0.6) is 0 Å². The summed E-state index contributed by atoms with van der Waals surface area (Å²) in [6, 6.07) is 7.99. The Morgan fingerprint density at radius 3 is 2.25 bits per heavy atom. The number of hydrogen-bond donors (Lipinski definition) is 2. The Kier molecular flexibility index (Phi) is 7.46. The zero-order valence-electron chi connectivity index (χ0n) is 18.5. The fourth-order valence-corrected chi connectivity index (χ4v) is 3.21. The van der Waals surface area contributed by atoms with E-state index < -0.39 is 35.1 Å². The van der Waals surface area contributed by atoms with E-state index in [2.05, 4.69) is 25.0 Å². The maximum atomic E-state index is 13.2. The van der Waals surface area contributed by atoms with Crippen LogP contribution >= 0.6 is 11.6 Å². The van der Waals surface area contributed by atoms with Gasteiger partial charge in [0.1, 0.15) is 5.82 Å². The first-order valence-corrected chi connectivity index (χ1v) is 10.4. The second-order valence-corrected chi connectivity index (χ2v) is 8.04. The van der Waals surface area contributed by atoms with E-state index in [-0.39, 0.29) is 34.3 Å². The topological polar surface area (TPSA) is 97.0 Å². The quantitative estimate of drug-likeness (QED) is 0.445. The second-order valence-electron chi connectivity index (χ2n) is 7.63. The van der Waals surface area contributed by atoms with Crippen molar-refractivity contribution in [3.8, 4) is 22.8 Å². The smallest absolute Gasteiger partial charge is 0.361 e. The zero-order chi connectivity index (χ0) is 26.9. The third-order valence-corrected chi connectivity index (χ3v) is 5.57. The van der Waals surface area contributed by atoms with Crippen LogP contribution in [0.3, 0.4) is 0 Å². The van der Waals surface area contributed by atoms with Crippen molar-refractivity contribution in [2.24, 2.45) is 0 Å². The molecule has 7 nitrogen and oxygen atoms in total. The van der Waals surface area contributed by atoms with Gasteiger partial charge < -0.3 is 10.1 Å². The number of ether oxygens (including phenoxy) is 1. The summed E-state index contributed by atoms with van der Waals surface area (Å²) in [7, 11) is 0.757. The SMILES string of the molecule is COC(C)(C(=O)NCc1ccc(Cl)c(-c2nc(-c3ccc(C(F)(F)F)cc3)nc(=O)[nH]2)c1)C(F)(F)F. The van der Waals surface area contributed by atoms with Crippen LogP contribution in [0.15, 0.2) is 47.3 Å². The molecule has 0 spiro atoms. The maximum absolute atomic E-state index is 13.2. The van der Waals surface area contributed by atoms with Crippen molar-refractivity contribution in [3.05, 3.63) is 69.1 Å². The predicted octanol–water partition coefficient (Wildman–Crippen LogP) is 4.75. The van der Waals surface area contributed by atoms with Gasteiger partial charge in [0.2, 0.25) is 5.60 Å². The standard InChI is InChI=1S/C22H17ClF6N4O3/c1-20(36-2,22(27,28)29)18(34)30-10-11-3-8-15(23)14(9-11)17-31-16(32-19(35)33-17)12-4-6-13(7-5-12)21(24,25)26/h3-9H,10H2,1-2H3,(H,30,34)(H,31,32,33,35). The highest BCUT2D eigenvalue weighted by Crippen LogP contribution is 2.34. The van der Waals surface area contributed by atoms with Crippen LogP contribution in [0.1, 0.15) is 18.1 Å². The number of H-pyrrole nitrogens is 1. The third-order valence-electron chi connectivity index (χ3n) is 5.24. The number of methoxy groups -OCH3 is 1. The lowest BCUT2D eigenvalue weighted by molar-refractivity contribution is -0.253. The van der Waals surface area contributed by atoms with Crippen LogP contribution in [0.4, 0.5) is 26.3 Å². The average Bonchev–Trinajstić information content (AvgIpc) is 2.81. The number of hydrogen-bond acceptors (Lipinski definition) is 5. The Labute approximate surface area is 204 Å².